The van der Waals surface area contributed by atoms with Gasteiger partial charge in [-0.1, -0.05) is 0 Å². The molecule has 0 saturated heterocycles. The fourth-order valence-corrected chi connectivity index (χ4v) is 2.62. The van der Waals surface area contributed by atoms with Gasteiger partial charge in [-0.2, -0.15) is 5.10 Å². The highest BCUT2D eigenvalue weighted by Crippen LogP contribution is 2.16. The largest absolute Gasteiger partial charge is 0.478 e. The average Bonchev–Trinajstić information content (AvgIpc) is 3.20. The van der Waals surface area contributed by atoms with Crippen molar-refractivity contribution < 1.29 is 14.3 Å². The standard InChI is InChI=1S/C19H19N3O3/c1-13-10-16(14(2)22(13)12-18-4-3-9-25-18)11-20-21-17-7-5-15(6-8-17)19(23)24/h3-11,21H,12H2,1-2H3,(H,23,24). The van der Waals surface area contributed by atoms with Crippen molar-refractivity contribution in [3.63, 3.8) is 0 Å². The molecular weight excluding hydrogens is 318 g/mol. The van der Waals surface area contributed by atoms with Crippen molar-refractivity contribution in [2.24, 2.45) is 5.10 Å². The van der Waals surface area contributed by atoms with E-state index in [4.69, 9.17) is 9.52 Å². The molecule has 3 rings (SSSR count). The van der Waals surface area contributed by atoms with Crippen LogP contribution in [-0.2, 0) is 6.54 Å². The normalized spacial score (nSPS) is 11.1. The predicted molar refractivity (Wildman–Crippen MR) is 96.3 cm³/mol. The molecule has 0 saturated carbocycles. The van der Waals surface area contributed by atoms with E-state index in [1.807, 2.05) is 26.0 Å². The number of hydrazone groups is 1. The minimum absolute atomic E-state index is 0.246. The molecule has 0 fully saturated rings. The minimum atomic E-state index is -0.945. The summed E-state index contributed by atoms with van der Waals surface area (Å²) in [6.07, 6.45) is 3.43. The van der Waals surface area contributed by atoms with Crippen molar-refractivity contribution >= 4 is 17.9 Å². The monoisotopic (exact) mass is 337 g/mol. The Morgan fingerprint density at radius 2 is 2.04 bits per heavy atom. The van der Waals surface area contributed by atoms with E-state index in [0.717, 1.165) is 28.4 Å². The fourth-order valence-electron chi connectivity index (χ4n) is 2.62. The number of aryl methyl sites for hydroxylation is 1. The first kappa shape index (κ1) is 16.6. The SMILES string of the molecule is Cc1cc(C=NNc2ccc(C(=O)O)cc2)c(C)n1Cc1ccco1. The van der Waals surface area contributed by atoms with Crippen molar-refractivity contribution in [2.75, 3.05) is 5.43 Å². The lowest BCUT2D eigenvalue weighted by atomic mass is 10.2. The lowest BCUT2D eigenvalue weighted by Crippen LogP contribution is -2.03. The summed E-state index contributed by atoms with van der Waals surface area (Å²) in [5, 5.41) is 13.1. The molecule has 0 atom stereocenters. The molecule has 6 heteroatoms. The number of nitrogens with zero attached hydrogens (tertiary/aromatic N) is 2. The zero-order valence-corrected chi connectivity index (χ0v) is 14.1. The zero-order chi connectivity index (χ0) is 17.8. The quantitative estimate of drug-likeness (QED) is 0.528. The predicted octanol–water partition coefficient (Wildman–Crippen LogP) is 3.89. The molecular formula is C19H19N3O3. The van der Waals surface area contributed by atoms with Gasteiger partial charge in [0.1, 0.15) is 5.76 Å². The molecule has 2 N–H and O–H groups in total. The van der Waals surface area contributed by atoms with Gasteiger partial charge in [-0.05, 0) is 56.3 Å². The van der Waals surface area contributed by atoms with Gasteiger partial charge in [0.05, 0.1) is 30.3 Å². The third kappa shape index (κ3) is 3.80. The van der Waals surface area contributed by atoms with Gasteiger partial charge in [-0.3, -0.25) is 5.43 Å². The van der Waals surface area contributed by atoms with Crippen LogP contribution in [0.4, 0.5) is 5.69 Å². The van der Waals surface area contributed by atoms with E-state index in [1.54, 1.807) is 24.6 Å². The number of anilines is 1. The van der Waals surface area contributed by atoms with Crippen LogP contribution in [-0.4, -0.2) is 21.9 Å². The molecule has 0 aliphatic rings. The Hall–Kier alpha value is -3.28. The molecule has 0 aliphatic heterocycles. The van der Waals surface area contributed by atoms with Gasteiger partial charge in [0.25, 0.3) is 0 Å². The second-order valence-electron chi connectivity index (χ2n) is 5.74. The van der Waals surface area contributed by atoms with Gasteiger partial charge >= 0.3 is 5.97 Å². The molecule has 0 spiro atoms. The maximum absolute atomic E-state index is 10.8. The van der Waals surface area contributed by atoms with E-state index in [2.05, 4.69) is 21.2 Å². The van der Waals surface area contributed by atoms with Gasteiger partial charge in [0.15, 0.2) is 0 Å². The molecule has 0 bridgehead atoms. The van der Waals surface area contributed by atoms with E-state index in [9.17, 15) is 4.79 Å². The average molecular weight is 337 g/mol. The smallest absolute Gasteiger partial charge is 0.335 e. The molecule has 128 valence electrons. The van der Waals surface area contributed by atoms with Crippen molar-refractivity contribution in [3.8, 4) is 0 Å². The topological polar surface area (TPSA) is 79.8 Å². The highest BCUT2D eigenvalue weighted by Gasteiger charge is 2.09. The Bertz CT molecular complexity index is 891. The molecule has 3 aromatic rings. The summed E-state index contributed by atoms with van der Waals surface area (Å²) in [7, 11) is 0. The Morgan fingerprint density at radius 1 is 1.28 bits per heavy atom. The zero-order valence-electron chi connectivity index (χ0n) is 14.1. The molecule has 0 aliphatic carbocycles. The van der Waals surface area contributed by atoms with E-state index >= 15 is 0 Å². The van der Waals surface area contributed by atoms with Gasteiger partial charge in [-0.15, -0.1) is 0 Å². The third-order valence-electron chi connectivity index (χ3n) is 4.04. The van der Waals surface area contributed by atoms with Crippen molar-refractivity contribution in [1.82, 2.24) is 4.57 Å². The number of benzene rings is 1. The number of carboxylic acids is 1. The Balaban J connectivity index is 1.70. The Kier molecular flexibility index (Phi) is 4.70. The maximum Gasteiger partial charge on any atom is 0.335 e. The number of carboxylic acid groups (broad SMARTS) is 1. The number of rotatable bonds is 6. The van der Waals surface area contributed by atoms with Crippen LogP contribution >= 0.6 is 0 Å². The minimum Gasteiger partial charge on any atom is -0.478 e. The van der Waals surface area contributed by atoms with E-state index in [-0.39, 0.29) is 5.56 Å². The summed E-state index contributed by atoms with van der Waals surface area (Å²) in [6.45, 7) is 4.77. The van der Waals surface area contributed by atoms with E-state index in [0.29, 0.717) is 6.54 Å². The number of carbonyl (C=O) groups is 1. The number of furan rings is 1. The van der Waals surface area contributed by atoms with Crippen molar-refractivity contribution in [2.45, 2.75) is 20.4 Å². The molecule has 2 heterocycles. The summed E-state index contributed by atoms with van der Waals surface area (Å²) in [4.78, 5) is 10.8. The molecule has 0 amide bonds. The third-order valence-corrected chi connectivity index (χ3v) is 4.04. The molecule has 0 radical (unpaired) electrons. The lowest BCUT2D eigenvalue weighted by molar-refractivity contribution is 0.0697. The molecule has 25 heavy (non-hydrogen) atoms. The van der Waals surface area contributed by atoms with Crippen molar-refractivity contribution in [3.05, 3.63) is 77.0 Å². The summed E-state index contributed by atoms with van der Waals surface area (Å²) >= 11 is 0. The molecule has 6 nitrogen and oxygen atoms in total. The fraction of sp³-hybridized carbons (Fsp3) is 0.158. The first-order valence-corrected chi connectivity index (χ1v) is 7.86. The number of aromatic nitrogens is 1. The van der Waals surface area contributed by atoms with E-state index in [1.165, 1.54) is 12.1 Å². The van der Waals surface area contributed by atoms with Gasteiger partial charge < -0.3 is 14.1 Å². The summed E-state index contributed by atoms with van der Waals surface area (Å²) in [5.41, 5.74) is 7.12. The van der Waals surface area contributed by atoms with Crippen molar-refractivity contribution in [1.29, 1.82) is 0 Å². The lowest BCUT2D eigenvalue weighted by Gasteiger charge is -2.07. The first-order chi connectivity index (χ1) is 12.0. The number of nitrogens with one attached hydrogen (secondary N) is 1. The summed E-state index contributed by atoms with van der Waals surface area (Å²) in [6, 6.07) is 12.3. The molecule has 0 unspecified atom stereocenters. The number of hydrogen-bond donors (Lipinski definition) is 2. The van der Waals surface area contributed by atoms with Crippen LogP contribution in [0.15, 0.2) is 58.2 Å². The number of hydrogen-bond acceptors (Lipinski definition) is 4. The number of aromatic carboxylic acids is 1. The van der Waals surface area contributed by atoms with Crippen LogP contribution in [0.2, 0.25) is 0 Å². The maximum atomic E-state index is 10.8. The van der Waals surface area contributed by atoms with Crippen LogP contribution in [0.25, 0.3) is 0 Å². The summed E-state index contributed by atoms with van der Waals surface area (Å²) < 4.78 is 7.58. The van der Waals surface area contributed by atoms with Crippen LogP contribution < -0.4 is 5.43 Å². The van der Waals surface area contributed by atoms with Crippen LogP contribution in [0, 0.1) is 13.8 Å². The second kappa shape index (κ2) is 7.09. The van der Waals surface area contributed by atoms with Crippen LogP contribution in [0.1, 0.15) is 33.1 Å². The first-order valence-electron chi connectivity index (χ1n) is 7.86. The summed E-state index contributed by atoms with van der Waals surface area (Å²) in [5.74, 6) is -0.0408. The van der Waals surface area contributed by atoms with E-state index < -0.39 is 5.97 Å². The molecule has 1 aromatic carbocycles. The highest BCUT2D eigenvalue weighted by atomic mass is 16.4. The van der Waals surface area contributed by atoms with Gasteiger partial charge in [0.2, 0.25) is 0 Å². The Morgan fingerprint density at radius 3 is 2.68 bits per heavy atom. The second-order valence-corrected chi connectivity index (χ2v) is 5.74. The van der Waals surface area contributed by atoms with Crippen LogP contribution in [0.5, 0.6) is 0 Å². The highest BCUT2D eigenvalue weighted by molar-refractivity contribution is 5.88. The van der Waals surface area contributed by atoms with Gasteiger partial charge in [-0.25, -0.2) is 4.79 Å². The van der Waals surface area contributed by atoms with Crippen LogP contribution in [0.3, 0.4) is 0 Å². The Labute approximate surface area is 145 Å². The molecule has 2 aromatic heterocycles. The van der Waals surface area contributed by atoms with Gasteiger partial charge in [0, 0.05) is 17.0 Å².